The van der Waals surface area contributed by atoms with Crippen molar-refractivity contribution >= 4 is 55.0 Å². The Hall–Kier alpha value is -3.64. The molecule has 35 heavy (non-hydrogen) atoms. The molecular formula is C23H13BrF3N3O4S. The smallest absolute Gasteiger partial charge is 0.416 e. The second-order valence-corrected chi connectivity index (χ2v) is 9.37. The molecule has 0 bridgehead atoms. The highest BCUT2D eigenvalue weighted by Crippen LogP contribution is 2.36. The first-order valence-corrected chi connectivity index (χ1v) is 11.7. The molecule has 5 aromatic rings. The highest BCUT2D eigenvalue weighted by atomic mass is 79.9. The third-order valence-corrected chi connectivity index (χ3v) is 6.86. The molecule has 178 valence electrons. The summed E-state index contributed by atoms with van der Waals surface area (Å²) in [4.78, 5) is 41.2. The number of rotatable bonds is 4. The number of hydrogen-bond donors (Lipinski definition) is 2. The summed E-state index contributed by atoms with van der Waals surface area (Å²) in [6.45, 7) is -0.0237. The number of thiophene rings is 1. The van der Waals surface area contributed by atoms with Crippen molar-refractivity contribution in [1.82, 2.24) is 14.1 Å². The zero-order valence-corrected chi connectivity index (χ0v) is 19.8. The fourth-order valence-electron chi connectivity index (χ4n) is 4.04. The Morgan fingerprint density at radius 3 is 2.43 bits per heavy atom. The predicted molar refractivity (Wildman–Crippen MR) is 129 cm³/mol. The van der Waals surface area contributed by atoms with E-state index in [4.69, 9.17) is 0 Å². The number of aromatic nitrogens is 3. The van der Waals surface area contributed by atoms with E-state index in [0.717, 1.165) is 34.0 Å². The van der Waals surface area contributed by atoms with Gasteiger partial charge in [-0.25, -0.2) is 14.2 Å². The van der Waals surface area contributed by atoms with Crippen molar-refractivity contribution in [1.29, 1.82) is 0 Å². The van der Waals surface area contributed by atoms with Crippen LogP contribution in [0.3, 0.4) is 0 Å². The molecule has 2 aromatic carbocycles. The molecule has 3 aromatic heterocycles. The highest BCUT2D eigenvalue weighted by Gasteiger charge is 2.33. The van der Waals surface area contributed by atoms with Gasteiger partial charge in [-0.05, 0) is 35.9 Å². The molecule has 0 amide bonds. The summed E-state index contributed by atoms with van der Waals surface area (Å²) in [5.41, 5.74) is -2.67. The monoisotopic (exact) mass is 563 g/mol. The van der Waals surface area contributed by atoms with Crippen molar-refractivity contribution in [3.8, 4) is 5.69 Å². The third kappa shape index (κ3) is 3.88. The number of nitrogens with zero attached hydrogens (tertiary/aromatic N) is 2. The van der Waals surface area contributed by atoms with E-state index in [0.29, 0.717) is 10.1 Å². The van der Waals surface area contributed by atoms with E-state index in [1.54, 1.807) is 29.6 Å². The second kappa shape index (κ2) is 8.24. The number of carbonyl (C=O) groups is 1. The number of alkyl halides is 3. The van der Waals surface area contributed by atoms with Crippen molar-refractivity contribution in [3.05, 3.63) is 95.4 Å². The molecular weight excluding hydrogens is 551 g/mol. The molecule has 0 radical (unpaired) electrons. The SMILES string of the molecule is O=C(O)c1c(-n2c(=O)[nH]c3cscc3c2=O)c2cc(C(F)(F)F)ccc2n1Cc1ccc(Br)cc1. The van der Waals surface area contributed by atoms with E-state index in [1.165, 1.54) is 9.95 Å². The lowest BCUT2D eigenvalue weighted by molar-refractivity contribution is -0.137. The summed E-state index contributed by atoms with van der Waals surface area (Å²) in [5, 5.41) is 13.1. The van der Waals surface area contributed by atoms with Gasteiger partial charge < -0.3 is 14.7 Å². The van der Waals surface area contributed by atoms with Gasteiger partial charge in [-0.3, -0.25) is 4.79 Å². The summed E-state index contributed by atoms with van der Waals surface area (Å²) in [6.07, 6.45) is -4.72. The summed E-state index contributed by atoms with van der Waals surface area (Å²) in [7, 11) is 0. The maximum Gasteiger partial charge on any atom is 0.416 e. The topological polar surface area (TPSA) is 97.1 Å². The van der Waals surface area contributed by atoms with Gasteiger partial charge >= 0.3 is 17.8 Å². The molecule has 0 spiro atoms. The molecule has 2 N–H and O–H groups in total. The number of nitrogens with one attached hydrogen (secondary N) is 1. The Morgan fingerprint density at radius 1 is 1.06 bits per heavy atom. The number of halogens is 4. The molecule has 0 unspecified atom stereocenters. The molecule has 0 saturated heterocycles. The Morgan fingerprint density at radius 2 is 1.77 bits per heavy atom. The standard InChI is InChI=1S/C23H13BrF3N3O4S/c24-13-4-1-11(2-5-13)8-29-17-6-3-12(23(25,26)27)7-14(17)18(19(29)21(32)33)30-20(31)15-9-35-10-16(15)28-22(30)34/h1-7,9-10H,8H2,(H,28,34)(H,32,33). The molecule has 7 nitrogen and oxygen atoms in total. The van der Waals surface area contributed by atoms with Crippen LogP contribution in [0.1, 0.15) is 21.6 Å². The molecule has 0 fully saturated rings. The minimum absolute atomic E-state index is 0.0237. The molecule has 0 atom stereocenters. The van der Waals surface area contributed by atoms with Crippen LogP contribution in [0.4, 0.5) is 13.2 Å². The fraction of sp³-hybridized carbons (Fsp3) is 0.0870. The first-order valence-electron chi connectivity index (χ1n) is 9.99. The fourth-order valence-corrected chi connectivity index (χ4v) is 5.06. The Kier molecular flexibility index (Phi) is 5.44. The summed E-state index contributed by atoms with van der Waals surface area (Å²) < 4.78 is 43.4. The third-order valence-electron chi connectivity index (χ3n) is 5.58. The van der Waals surface area contributed by atoms with Gasteiger partial charge in [-0.1, -0.05) is 28.1 Å². The number of carboxylic acids is 1. The van der Waals surface area contributed by atoms with Crippen LogP contribution in [0.15, 0.2) is 67.3 Å². The van der Waals surface area contributed by atoms with E-state index in [1.807, 2.05) is 0 Å². The van der Waals surface area contributed by atoms with E-state index in [9.17, 15) is 32.7 Å². The van der Waals surface area contributed by atoms with Crippen LogP contribution in [-0.2, 0) is 12.7 Å². The van der Waals surface area contributed by atoms with Crippen LogP contribution in [0.5, 0.6) is 0 Å². The largest absolute Gasteiger partial charge is 0.477 e. The molecule has 0 saturated carbocycles. The first kappa shape index (κ1) is 23.1. The van der Waals surface area contributed by atoms with Gasteiger partial charge in [0, 0.05) is 27.2 Å². The number of carboxylic acid groups (broad SMARTS) is 1. The average molecular weight is 564 g/mol. The van der Waals surface area contributed by atoms with Crippen LogP contribution in [-0.4, -0.2) is 25.2 Å². The lowest BCUT2D eigenvalue weighted by Gasteiger charge is -2.10. The Bertz CT molecular complexity index is 1750. The number of aromatic carboxylic acids is 1. The van der Waals surface area contributed by atoms with Crippen LogP contribution in [0, 0.1) is 0 Å². The van der Waals surface area contributed by atoms with Crippen LogP contribution < -0.4 is 11.2 Å². The molecule has 0 aliphatic heterocycles. The molecule has 12 heteroatoms. The lowest BCUT2D eigenvalue weighted by Crippen LogP contribution is -2.34. The minimum atomic E-state index is -4.72. The maximum atomic E-state index is 13.6. The normalized spacial score (nSPS) is 12.0. The van der Waals surface area contributed by atoms with Gasteiger partial charge in [-0.15, -0.1) is 11.3 Å². The minimum Gasteiger partial charge on any atom is -0.477 e. The van der Waals surface area contributed by atoms with Gasteiger partial charge in [0.1, 0.15) is 0 Å². The van der Waals surface area contributed by atoms with Crippen molar-refractivity contribution < 1.29 is 23.1 Å². The molecule has 0 aliphatic rings. The van der Waals surface area contributed by atoms with E-state index < -0.39 is 40.3 Å². The number of benzene rings is 2. The molecule has 5 rings (SSSR count). The van der Waals surface area contributed by atoms with Gasteiger partial charge in [0.05, 0.1) is 27.7 Å². The first-order chi connectivity index (χ1) is 16.6. The predicted octanol–water partition coefficient (Wildman–Crippen LogP) is 5.22. The average Bonchev–Trinajstić information content (AvgIpc) is 3.38. The van der Waals surface area contributed by atoms with Gasteiger partial charge in [0.2, 0.25) is 0 Å². The summed E-state index contributed by atoms with van der Waals surface area (Å²) in [5.74, 6) is -1.50. The van der Waals surface area contributed by atoms with Gasteiger partial charge in [-0.2, -0.15) is 13.2 Å². The van der Waals surface area contributed by atoms with Crippen molar-refractivity contribution in [2.45, 2.75) is 12.7 Å². The second-order valence-electron chi connectivity index (χ2n) is 7.71. The Balaban J connectivity index is 1.92. The van der Waals surface area contributed by atoms with Crippen molar-refractivity contribution in [2.75, 3.05) is 0 Å². The summed E-state index contributed by atoms with van der Waals surface area (Å²) in [6, 6.07) is 9.68. The number of hydrogen-bond acceptors (Lipinski definition) is 4. The molecule has 3 heterocycles. The number of aromatic amines is 1. The van der Waals surface area contributed by atoms with Gasteiger partial charge in [0.25, 0.3) is 5.56 Å². The highest BCUT2D eigenvalue weighted by molar-refractivity contribution is 9.10. The van der Waals surface area contributed by atoms with Crippen molar-refractivity contribution in [3.63, 3.8) is 0 Å². The quantitative estimate of drug-likeness (QED) is 0.313. The van der Waals surface area contributed by atoms with Crippen molar-refractivity contribution in [2.24, 2.45) is 0 Å². The molecule has 0 aliphatic carbocycles. The van der Waals surface area contributed by atoms with E-state index in [-0.39, 0.29) is 28.4 Å². The number of fused-ring (bicyclic) bond motifs is 2. The lowest BCUT2D eigenvalue weighted by atomic mass is 10.1. The Labute approximate surface area is 205 Å². The van der Waals surface area contributed by atoms with E-state index in [2.05, 4.69) is 20.9 Å². The maximum absolute atomic E-state index is 13.6. The van der Waals surface area contributed by atoms with E-state index >= 15 is 0 Å². The van der Waals surface area contributed by atoms with Gasteiger partial charge in [0.15, 0.2) is 5.69 Å². The van der Waals surface area contributed by atoms with Crippen LogP contribution >= 0.6 is 27.3 Å². The summed E-state index contributed by atoms with van der Waals surface area (Å²) >= 11 is 4.47. The van der Waals surface area contributed by atoms with Crippen LogP contribution in [0.25, 0.3) is 27.5 Å². The zero-order chi connectivity index (χ0) is 25.1. The van der Waals surface area contributed by atoms with Crippen LogP contribution in [0.2, 0.25) is 0 Å². The zero-order valence-electron chi connectivity index (χ0n) is 17.4. The number of H-pyrrole nitrogens is 1.